The van der Waals surface area contributed by atoms with Crippen molar-refractivity contribution in [1.82, 2.24) is 5.43 Å². The Balaban J connectivity index is 1.99. The fraction of sp³-hybridized carbons (Fsp3) is 0.263. The molecule has 0 atom stereocenters. The van der Waals surface area contributed by atoms with E-state index >= 15 is 0 Å². The maximum Gasteiger partial charge on any atom is 0.275 e. The molecule has 0 aliphatic rings. The topological polar surface area (TPSA) is 70.9 Å². The molecule has 0 saturated carbocycles. The monoisotopic (exact) mass is 404 g/mol. The lowest BCUT2D eigenvalue weighted by Crippen LogP contribution is -2.17. The number of carbonyl (C=O) groups is 1. The number of nitrogens with one attached hydrogen (secondary N) is 1. The Morgan fingerprint density at radius 1 is 1.28 bits per heavy atom. The van der Waals surface area contributed by atoms with Gasteiger partial charge in [0.15, 0.2) is 0 Å². The van der Waals surface area contributed by atoms with Crippen molar-refractivity contribution < 1.29 is 14.6 Å². The molecule has 0 aromatic heterocycles. The van der Waals surface area contributed by atoms with Crippen molar-refractivity contribution >= 4 is 28.1 Å². The standard InChI is InChI=1S/C19H21BrN2O3/c1-2-3-6-11-25-18-8-5-4-7-14(18)13-21-22-19(24)16-12-15(20)9-10-17(16)23/h4-5,7-10,12-13,23H,2-3,6,11H2,1H3,(H,22,24)/b21-13-. The molecule has 0 aliphatic heterocycles. The second kappa shape index (κ2) is 9.84. The Labute approximate surface area is 155 Å². The van der Waals surface area contributed by atoms with Crippen molar-refractivity contribution in [3.8, 4) is 11.5 Å². The highest BCUT2D eigenvalue weighted by Gasteiger charge is 2.10. The SMILES string of the molecule is CCCCCOc1ccccc1/C=N\NC(=O)c1cc(Br)ccc1O. The number of phenols is 1. The zero-order valence-corrected chi connectivity index (χ0v) is 15.6. The van der Waals surface area contributed by atoms with Gasteiger partial charge in [-0.05, 0) is 36.8 Å². The van der Waals surface area contributed by atoms with Gasteiger partial charge in [-0.15, -0.1) is 0 Å². The quantitative estimate of drug-likeness (QED) is 0.386. The van der Waals surface area contributed by atoms with Gasteiger partial charge in [0, 0.05) is 10.0 Å². The molecule has 0 unspecified atom stereocenters. The summed E-state index contributed by atoms with van der Waals surface area (Å²) in [6, 6.07) is 12.1. The third kappa shape index (κ3) is 5.90. The van der Waals surface area contributed by atoms with Crippen molar-refractivity contribution in [2.75, 3.05) is 6.61 Å². The Morgan fingerprint density at radius 2 is 2.08 bits per heavy atom. The highest BCUT2D eigenvalue weighted by molar-refractivity contribution is 9.10. The molecule has 0 fully saturated rings. The minimum Gasteiger partial charge on any atom is -0.507 e. The van der Waals surface area contributed by atoms with Crippen LogP contribution in [0.2, 0.25) is 0 Å². The molecule has 6 heteroatoms. The van der Waals surface area contributed by atoms with Crippen LogP contribution in [-0.4, -0.2) is 23.8 Å². The summed E-state index contributed by atoms with van der Waals surface area (Å²) >= 11 is 3.27. The van der Waals surface area contributed by atoms with Crippen molar-refractivity contribution in [2.24, 2.45) is 5.10 Å². The van der Waals surface area contributed by atoms with Crippen LogP contribution in [0.15, 0.2) is 52.0 Å². The number of hydrogen-bond donors (Lipinski definition) is 2. The number of hydrogen-bond acceptors (Lipinski definition) is 4. The number of rotatable bonds is 8. The van der Waals surface area contributed by atoms with Crippen LogP contribution < -0.4 is 10.2 Å². The molecule has 0 spiro atoms. The van der Waals surface area contributed by atoms with Gasteiger partial charge in [0.05, 0.1) is 18.4 Å². The molecular weight excluding hydrogens is 384 g/mol. The summed E-state index contributed by atoms with van der Waals surface area (Å²) in [6.07, 6.45) is 4.80. The maximum atomic E-state index is 12.1. The number of para-hydroxylation sites is 1. The Morgan fingerprint density at radius 3 is 2.88 bits per heavy atom. The van der Waals surface area contributed by atoms with E-state index in [1.54, 1.807) is 6.07 Å². The number of aromatic hydroxyl groups is 1. The summed E-state index contributed by atoms with van der Waals surface area (Å²) in [5.41, 5.74) is 3.34. The van der Waals surface area contributed by atoms with Gasteiger partial charge in [-0.25, -0.2) is 5.43 Å². The third-order valence-electron chi connectivity index (χ3n) is 3.50. The number of amides is 1. The number of halogens is 1. The first kappa shape index (κ1) is 19.0. The normalized spacial score (nSPS) is 10.8. The number of hydrazone groups is 1. The molecule has 1 amide bonds. The summed E-state index contributed by atoms with van der Waals surface area (Å²) in [7, 11) is 0. The van der Waals surface area contributed by atoms with Gasteiger partial charge < -0.3 is 9.84 Å². The number of benzene rings is 2. The zero-order valence-electron chi connectivity index (χ0n) is 14.0. The van der Waals surface area contributed by atoms with Crippen LogP contribution in [0.4, 0.5) is 0 Å². The van der Waals surface area contributed by atoms with Gasteiger partial charge in [-0.2, -0.15) is 5.10 Å². The molecule has 0 saturated heterocycles. The van der Waals surface area contributed by atoms with Crippen LogP contribution in [0, 0.1) is 0 Å². The van der Waals surface area contributed by atoms with Gasteiger partial charge in [-0.1, -0.05) is 47.8 Å². The minimum atomic E-state index is -0.489. The number of nitrogens with zero attached hydrogens (tertiary/aromatic N) is 1. The molecule has 2 rings (SSSR count). The first-order chi connectivity index (χ1) is 12.1. The van der Waals surface area contributed by atoms with Crippen molar-refractivity contribution in [3.05, 3.63) is 58.1 Å². The van der Waals surface area contributed by atoms with E-state index in [1.165, 1.54) is 18.3 Å². The zero-order chi connectivity index (χ0) is 18.1. The fourth-order valence-corrected chi connectivity index (χ4v) is 2.52. The first-order valence-electron chi connectivity index (χ1n) is 8.15. The van der Waals surface area contributed by atoms with Crippen LogP contribution >= 0.6 is 15.9 Å². The summed E-state index contributed by atoms with van der Waals surface area (Å²) in [4.78, 5) is 12.1. The van der Waals surface area contributed by atoms with E-state index in [9.17, 15) is 9.90 Å². The molecule has 0 radical (unpaired) electrons. The number of ether oxygens (including phenoxy) is 1. The lowest BCUT2D eigenvalue weighted by molar-refractivity contribution is 0.0952. The highest BCUT2D eigenvalue weighted by Crippen LogP contribution is 2.21. The molecule has 2 N–H and O–H groups in total. The van der Waals surface area contributed by atoms with E-state index in [1.807, 2.05) is 24.3 Å². The minimum absolute atomic E-state index is 0.101. The van der Waals surface area contributed by atoms with Crippen LogP contribution in [0.5, 0.6) is 11.5 Å². The van der Waals surface area contributed by atoms with Crippen LogP contribution in [0.1, 0.15) is 42.1 Å². The third-order valence-corrected chi connectivity index (χ3v) is 3.99. The molecule has 0 heterocycles. The molecule has 132 valence electrons. The van der Waals surface area contributed by atoms with Crippen LogP contribution in [-0.2, 0) is 0 Å². The average molecular weight is 405 g/mol. The van der Waals surface area contributed by atoms with Gasteiger partial charge in [0.25, 0.3) is 5.91 Å². The second-order valence-corrected chi connectivity index (χ2v) is 6.37. The molecule has 5 nitrogen and oxygen atoms in total. The second-order valence-electron chi connectivity index (χ2n) is 5.45. The molecule has 0 bridgehead atoms. The van der Waals surface area contributed by atoms with Gasteiger partial charge >= 0.3 is 0 Å². The summed E-state index contributed by atoms with van der Waals surface area (Å²) < 4.78 is 6.47. The van der Waals surface area contributed by atoms with E-state index < -0.39 is 5.91 Å². The van der Waals surface area contributed by atoms with E-state index in [0.717, 1.165) is 30.6 Å². The first-order valence-corrected chi connectivity index (χ1v) is 8.95. The Bertz CT molecular complexity index is 747. The van der Waals surface area contributed by atoms with Crippen molar-refractivity contribution in [3.63, 3.8) is 0 Å². The fourth-order valence-electron chi connectivity index (χ4n) is 2.16. The lowest BCUT2D eigenvalue weighted by Gasteiger charge is -2.08. The summed E-state index contributed by atoms with van der Waals surface area (Å²) in [5, 5.41) is 13.7. The van der Waals surface area contributed by atoms with Gasteiger partial charge in [0.1, 0.15) is 11.5 Å². The van der Waals surface area contributed by atoms with Crippen LogP contribution in [0.3, 0.4) is 0 Å². The van der Waals surface area contributed by atoms with Gasteiger partial charge in [-0.3, -0.25) is 4.79 Å². The molecular formula is C19H21BrN2O3. The van der Waals surface area contributed by atoms with Crippen LogP contribution in [0.25, 0.3) is 0 Å². The largest absolute Gasteiger partial charge is 0.507 e. The van der Waals surface area contributed by atoms with E-state index in [0.29, 0.717) is 11.1 Å². The highest BCUT2D eigenvalue weighted by atomic mass is 79.9. The predicted molar refractivity (Wildman–Crippen MR) is 102 cm³/mol. The van der Waals surface area contributed by atoms with Crippen molar-refractivity contribution in [2.45, 2.75) is 26.2 Å². The summed E-state index contributed by atoms with van der Waals surface area (Å²) in [5.74, 6) is 0.133. The number of carbonyl (C=O) groups excluding carboxylic acids is 1. The smallest absolute Gasteiger partial charge is 0.275 e. The number of unbranched alkanes of at least 4 members (excludes halogenated alkanes) is 2. The van der Waals surface area contributed by atoms with Gasteiger partial charge in [0.2, 0.25) is 0 Å². The molecule has 2 aromatic carbocycles. The Kier molecular flexibility index (Phi) is 7.47. The molecule has 2 aromatic rings. The molecule has 25 heavy (non-hydrogen) atoms. The van der Waals surface area contributed by atoms with E-state index in [2.05, 4.69) is 33.4 Å². The van der Waals surface area contributed by atoms with Crippen molar-refractivity contribution in [1.29, 1.82) is 0 Å². The maximum absolute atomic E-state index is 12.1. The summed E-state index contributed by atoms with van der Waals surface area (Å²) in [6.45, 7) is 2.79. The lowest BCUT2D eigenvalue weighted by atomic mass is 10.2. The Hall–Kier alpha value is -2.34. The average Bonchev–Trinajstić information content (AvgIpc) is 2.62. The predicted octanol–water partition coefficient (Wildman–Crippen LogP) is 4.49. The van der Waals surface area contributed by atoms with E-state index in [4.69, 9.17) is 4.74 Å². The van der Waals surface area contributed by atoms with E-state index in [-0.39, 0.29) is 11.3 Å². The number of phenolic OH excluding ortho intramolecular Hbond substituents is 1. The molecule has 0 aliphatic carbocycles.